The van der Waals surface area contributed by atoms with Crippen molar-refractivity contribution in [1.82, 2.24) is 5.32 Å². The summed E-state index contributed by atoms with van der Waals surface area (Å²) in [4.78, 5) is 21.6. The van der Waals surface area contributed by atoms with Crippen LogP contribution in [0.5, 0.6) is 5.75 Å². The number of likely N-dealkylation sites (N-methyl/N-ethyl adjacent to an activating group) is 1. The maximum absolute atomic E-state index is 13.1. The number of carboxylic acid groups (broad SMARTS) is 1. The van der Waals surface area contributed by atoms with Gasteiger partial charge in [-0.2, -0.15) is 0 Å². The molecule has 1 unspecified atom stereocenters. The van der Waals surface area contributed by atoms with Gasteiger partial charge in [-0.3, -0.25) is 9.59 Å². The molecule has 3 aromatic rings. The van der Waals surface area contributed by atoms with E-state index in [0.29, 0.717) is 5.56 Å². The van der Waals surface area contributed by atoms with Gasteiger partial charge in [0.25, 0.3) is 6.47 Å². The Kier molecular flexibility index (Phi) is 11.2. The van der Waals surface area contributed by atoms with Crippen LogP contribution in [0.2, 0.25) is 10.0 Å². The second kappa shape index (κ2) is 13.7. The maximum Gasteiger partial charge on any atom is 0.573 e. The van der Waals surface area contributed by atoms with Crippen molar-refractivity contribution < 1.29 is 41.0 Å². The first-order valence-electron chi connectivity index (χ1n) is 10.9. The number of hydrogen-bond donors (Lipinski definition) is 3. The van der Waals surface area contributed by atoms with Crippen LogP contribution in [0.15, 0.2) is 65.6 Å². The minimum atomic E-state index is -4.91. The number of anilines is 1. The molecular weight excluding hydrogens is 584 g/mol. The number of alkyl halides is 3. The highest BCUT2D eigenvalue weighted by molar-refractivity contribution is 7.90. The summed E-state index contributed by atoms with van der Waals surface area (Å²) in [6.07, 6.45) is -3.82. The minimum absolute atomic E-state index is 0.00121. The van der Waals surface area contributed by atoms with Crippen molar-refractivity contribution >= 4 is 51.1 Å². The fraction of sp³-hybridized carbons (Fsp3) is 0.200. The third-order valence-corrected chi connectivity index (χ3v) is 6.85. The van der Waals surface area contributed by atoms with E-state index in [1.807, 2.05) is 0 Å². The van der Waals surface area contributed by atoms with Gasteiger partial charge in [-0.15, -0.1) is 13.2 Å². The lowest BCUT2D eigenvalue weighted by atomic mass is 9.98. The molecule has 210 valence electrons. The highest BCUT2D eigenvalue weighted by Gasteiger charge is 2.32. The first-order valence-corrected chi connectivity index (χ1v) is 13.5. The van der Waals surface area contributed by atoms with Gasteiger partial charge in [-0.25, -0.2) is 8.42 Å². The summed E-state index contributed by atoms with van der Waals surface area (Å²) in [6.45, 7) is -0.00818. The number of benzene rings is 3. The van der Waals surface area contributed by atoms with Crippen molar-refractivity contribution in [2.45, 2.75) is 17.2 Å². The van der Waals surface area contributed by atoms with Crippen molar-refractivity contribution in [3.8, 4) is 16.9 Å². The van der Waals surface area contributed by atoms with Gasteiger partial charge in [0.05, 0.1) is 20.9 Å². The SMILES string of the molecule is CNCC(C(=O)Nc1cc(Cl)c(-c2ccccc2OC(F)(F)F)c(Cl)c1)c1ccc(S(C)(=O)=O)cc1.O=CO. The zero-order valence-electron chi connectivity index (χ0n) is 20.4. The van der Waals surface area contributed by atoms with E-state index in [1.54, 1.807) is 19.2 Å². The van der Waals surface area contributed by atoms with Gasteiger partial charge in [-0.05, 0) is 42.9 Å². The molecule has 0 heterocycles. The van der Waals surface area contributed by atoms with Gasteiger partial charge in [0.1, 0.15) is 5.75 Å². The Morgan fingerprint density at radius 3 is 2.10 bits per heavy atom. The van der Waals surface area contributed by atoms with Crippen molar-refractivity contribution in [2.24, 2.45) is 0 Å². The molecule has 1 amide bonds. The summed E-state index contributed by atoms with van der Waals surface area (Å²) >= 11 is 12.7. The molecule has 0 fully saturated rings. The standard InChI is InChI=1S/C24H21Cl2F3N2O4S.CH2O2/c1-30-13-18(14-7-9-16(10-8-14)36(2,33)34)23(32)31-15-11-19(25)22(20(26)12-15)17-5-3-4-6-21(17)35-24(27,28)29;2-1-3/h3-12,18,30H,13H2,1-2H3,(H,31,32);1H,(H,2,3). The molecular formula is C25H23Cl2F3N2O6S. The topological polar surface area (TPSA) is 122 Å². The van der Waals surface area contributed by atoms with E-state index in [9.17, 15) is 26.4 Å². The van der Waals surface area contributed by atoms with E-state index in [1.165, 1.54) is 42.5 Å². The summed E-state index contributed by atoms with van der Waals surface area (Å²) in [7, 11) is -1.73. The first kappa shape index (κ1) is 31.9. The number of rotatable bonds is 8. The fourth-order valence-corrected chi connectivity index (χ4v) is 4.85. The number of amides is 1. The van der Waals surface area contributed by atoms with E-state index < -0.39 is 33.8 Å². The molecule has 3 N–H and O–H groups in total. The summed E-state index contributed by atoms with van der Waals surface area (Å²) in [5.41, 5.74) is 0.934. The van der Waals surface area contributed by atoms with E-state index in [-0.39, 0.29) is 44.8 Å². The second-order valence-corrected chi connectivity index (χ2v) is 10.7. The van der Waals surface area contributed by atoms with Crippen LogP contribution in [0.3, 0.4) is 0 Å². The number of para-hydroxylation sites is 1. The Bertz CT molecular complexity index is 1400. The van der Waals surface area contributed by atoms with Crippen molar-refractivity contribution in [3.05, 3.63) is 76.3 Å². The van der Waals surface area contributed by atoms with Crippen molar-refractivity contribution in [1.29, 1.82) is 0 Å². The lowest BCUT2D eigenvalue weighted by Crippen LogP contribution is -2.29. The minimum Gasteiger partial charge on any atom is -0.483 e. The van der Waals surface area contributed by atoms with Gasteiger partial charge in [0, 0.05) is 29.6 Å². The first-order chi connectivity index (χ1) is 18.2. The predicted octanol–water partition coefficient (Wildman–Crippen LogP) is 5.61. The number of carbonyl (C=O) groups excluding carboxylic acids is 1. The molecule has 0 aliphatic heterocycles. The highest BCUT2D eigenvalue weighted by Crippen LogP contribution is 2.42. The van der Waals surface area contributed by atoms with Crippen LogP contribution < -0.4 is 15.4 Å². The number of sulfone groups is 1. The zero-order chi connectivity index (χ0) is 29.4. The van der Waals surface area contributed by atoms with Crippen LogP contribution in [0.25, 0.3) is 11.1 Å². The molecule has 8 nitrogen and oxygen atoms in total. The largest absolute Gasteiger partial charge is 0.573 e. The number of hydrogen-bond acceptors (Lipinski definition) is 6. The van der Waals surface area contributed by atoms with E-state index in [0.717, 1.165) is 12.3 Å². The summed E-state index contributed by atoms with van der Waals surface area (Å²) in [5.74, 6) is -1.60. The molecule has 0 bridgehead atoms. The van der Waals surface area contributed by atoms with Gasteiger partial charge in [0.15, 0.2) is 9.84 Å². The molecule has 0 radical (unpaired) electrons. The molecule has 3 rings (SSSR count). The number of carbonyl (C=O) groups is 2. The van der Waals surface area contributed by atoms with E-state index in [2.05, 4.69) is 15.4 Å². The number of ether oxygens (including phenoxy) is 1. The summed E-state index contributed by atoms with van der Waals surface area (Å²) < 4.78 is 66.0. The molecule has 3 aromatic carbocycles. The van der Waals surface area contributed by atoms with Crippen LogP contribution in [0.1, 0.15) is 11.5 Å². The van der Waals surface area contributed by atoms with Crippen molar-refractivity contribution in [2.75, 3.05) is 25.2 Å². The highest BCUT2D eigenvalue weighted by atomic mass is 35.5. The second-order valence-electron chi connectivity index (χ2n) is 7.90. The Hall–Kier alpha value is -3.32. The normalized spacial score (nSPS) is 12.1. The van der Waals surface area contributed by atoms with Crippen LogP contribution >= 0.6 is 23.2 Å². The molecule has 14 heteroatoms. The fourth-order valence-electron chi connectivity index (χ4n) is 3.53. The molecule has 0 saturated heterocycles. The number of halogens is 5. The third kappa shape index (κ3) is 9.13. The molecule has 0 spiro atoms. The van der Waals surface area contributed by atoms with E-state index >= 15 is 0 Å². The number of nitrogens with one attached hydrogen (secondary N) is 2. The lowest BCUT2D eigenvalue weighted by Gasteiger charge is -2.19. The summed E-state index contributed by atoms with van der Waals surface area (Å²) in [5, 5.41) is 12.5. The van der Waals surface area contributed by atoms with Gasteiger partial charge in [0.2, 0.25) is 5.91 Å². The Morgan fingerprint density at radius 2 is 1.62 bits per heavy atom. The molecule has 0 aromatic heterocycles. The van der Waals surface area contributed by atoms with Gasteiger partial charge in [-0.1, -0.05) is 53.5 Å². The van der Waals surface area contributed by atoms with Crippen LogP contribution in [-0.2, 0) is 19.4 Å². The predicted molar refractivity (Wildman–Crippen MR) is 142 cm³/mol. The Morgan fingerprint density at radius 1 is 1.08 bits per heavy atom. The molecule has 39 heavy (non-hydrogen) atoms. The molecule has 0 aliphatic rings. The van der Waals surface area contributed by atoms with Crippen LogP contribution in [-0.4, -0.2) is 52.1 Å². The molecule has 1 atom stereocenters. The zero-order valence-corrected chi connectivity index (χ0v) is 22.8. The maximum atomic E-state index is 13.1. The molecule has 0 saturated carbocycles. The Balaban J connectivity index is 0.00000170. The average Bonchev–Trinajstić information content (AvgIpc) is 2.82. The smallest absolute Gasteiger partial charge is 0.483 e. The lowest BCUT2D eigenvalue weighted by molar-refractivity contribution is -0.274. The van der Waals surface area contributed by atoms with Crippen LogP contribution in [0.4, 0.5) is 18.9 Å². The quantitative estimate of drug-likeness (QED) is 0.285. The average molecular weight is 607 g/mol. The monoisotopic (exact) mass is 606 g/mol. The van der Waals surface area contributed by atoms with Crippen LogP contribution in [0, 0.1) is 0 Å². The van der Waals surface area contributed by atoms with Gasteiger partial charge < -0.3 is 20.5 Å². The van der Waals surface area contributed by atoms with E-state index in [4.69, 9.17) is 33.1 Å². The third-order valence-electron chi connectivity index (χ3n) is 5.13. The summed E-state index contributed by atoms with van der Waals surface area (Å²) in [6, 6.07) is 14.1. The Labute approximate surface area is 232 Å². The van der Waals surface area contributed by atoms with Gasteiger partial charge >= 0.3 is 6.36 Å². The van der Waals surface area contributed by atoms with Crippen molar-refractivity contribution in [3.63, 3.8) is 0 Å². The molecule has 0 aliphatic carbocycles.